The minimum Gasteiger partial charge on any atom is -0.406 e. The van der Waals surface area contributed by atoms with Crippen LogP contribution >= 0.6 is 11.9 Å². The first-order valence-corrected chi connectivity index (χ1v) is 6.59. The molecule has 18 heavy (non-hydrogen) atoms. The Balaban J connectivity index is 1.90. The molecule has 0 unspecified atom stereocenters. The van der Waals surface area contributed by atoms with E-state index in [0.717, 1.165) is 18.0 Å². The average Bonchev–Trinajstić information content (AvgIpc) is 2.31. The van der Waals surface area contributed by atoms with Crippen molar-refractivity contribution in [3.8, 4) is 5.75 Å². The summed E-state index contributed by atoms with van der Waals surface area (Å²) in [6.07, 6.45) is -0.999. The number of rotatable bonds is 3. The molecule has 1 fully saturated rings. The van der Waals surface area contributed by atoms with Crippen molar-refractivity contribution in [3.63, 3.8) is 0 Å². The SMILES string of the molecule is FC(F)(F)Oc1ccc(SN2CCCCC2)cc1. The Morgan fingerprint density at radius 2 is 1.61 bits per heavy atom. The van der Waals surface area contributed by atoms with E-state index in [0.29, 0.717) is 0 Å². The van der Waals surface area contributed by atoms with Crippen molar-refractivity contribution in [3.05, 3.63) is 24.3 Å². The summed E-state index contributed by atoms with van der Waals surface area (Å²) in [6.45, 7) is 2.07. The molecule has 1 heterocycles. The number of hydrogen-bond acceptors (Lipinski definition) is 3. The number of alkyl halides is 3. The lowest BCUT2D eigenvalue weighted by atomic mass is 10.2. The van der Waals surface area contributed by atoms with Crippen LogP contribution in [0.25, 0.3) is 0 Å². The van der Waals surface area contributed by atoms with Crippen LogP contribution in [0.2, 0.25) is 0 Å². The summed E-state index contributed by atoms with van der Waals surface area (Å²) in [7, 11) is 0. The van der Waals surface area contributed by atoms with Crippen LogP contribution in [-0.4, -0.2) is 23.8 Å². The van der Waals surface area contributed by atoms with Crippen LogP contribution < -0.4 is 4.74 Å². The maximum Gasteiger partial charge on any atom is 0.573 e. The number of hydrogen-bond donors (Lipinski definition) is 0. The Morgan fingerprint density at radius 1 is 1.00 bits per heavy atom. The minimum absolute atomic E-state index is 0.175. The molecule has 1 aromatic carbocycles. The fraction of sp³-hybridized carbons (Fsp3) is 0.500. The van der Waals surface area contributed by atoms with Gasteiger partial charge in [0, 0.05) is 18.0 Å². The molecular formula is C12H14F3NOS. The zero-order valence-electron chi connectivity index (χ0n) is 9.74. The number of benzene rings is 1. The van der Waals surface area contributed by atoms with E-state index in [4.69, 9.17) is 0 Å². The van der Waals surface area contributed by atoms with Gasteiger partial charge in [0.15, 0.2) is 0 Å². The van der Waals surface area contributed by atoms with Gasteiger partial charge in [0.25, 0.3) is 0 Å². The van der Waals surface area contributed by atoms with Crippen molar-refractivity contribution in [1.82, 2.24) is 4.31 Å². The maximum absolute atomic E-state index is 12.0. The van der Waals surface area contributed by atoms with Gasteiger partial charge >= 0.3 is 6.36 Å². The van der Waals surface area contributed by atoms with E-state index in [2.05, 4.69) is 9.04 Å². The predicted molar refractivity (Wildman–Crippen MR) is 64.4 cm³/mol. The van der Waals surface area contributed by atoms with Crippen molar-refractivity contribution in [2.75, 3.05) is 13.1 Å². The number of piperidine rings is 1. The molecule has 1 aromatic rings. The van der Waals surface area contributed by atoms with E-state index in [9.17, 15) is 13.2 Å². The van der Waals surface area contributed by atoms with Crippen LogP contribution in [0.15, 0.2) is 29.2 Å². The first-order chi connectivity index (χ1) is 8.53. The highest BCUT2D eigenvalue weighted by atomic mass is 32.2. The lowest BCUT2D eigenvalue weighted by Gasteiger charge is -2.25. The second-order valence-electron chi connectivity index (χ2n) is 4.10. The van der Waals surface area contributed by atoms with E-state index in [1.165, 1.54) is 31.4 Å². The van der Waals surface area contributed by atoms with Gasteiger partial charge in [-0.1, -0.05) is 6.42 Å². The van der Waals surface area contributed by atoms with Crippen LogP contribution in [0.3, 0.4) is 0 Å². The maximum atomic E-state index is 12.0. The first kappa shape index (κ1) is 13.5. The zero-order valence-corrected chi connectivity index (χ0v) is 10.6. The molecule has 0 bridgehead atoms. The van der Waals surface area contributed by atoms with E-state index in [-0.39, 0.29) is 5.75 Å². The van der Waals surface area contributed by atoms with Crippen molar-refractivity contribution in [2.45, 2.75) is 30.5 Å². The van der Waals surface area contributed by atoms with Crippen LogP contribution in [0.1, 0.15) is 19.3 Å². The third-order valence-corrected chi connectivity index (χ3v) is 3.71. The molecule has 0 amide bonds. The van der Waals surface area contributed by atoms with Gasteiger partial charge in [-0.15, -0.1) is 13.2 Å². The lowest BCUT2D eigenvalue weighted by molar-refractivity contribution is -0.274. The fourth-order valence-corrected chi connectivity index (χ4v) is 2.80. The lowest BCUT2D eigenvalue weighted by Crippen LogP contribution is -2.22. The van der Waals surface area contributed by atoms with Gasteiger partial charge in [0.1, 0.15) is 5.75 Å². The van der Waals surface area contributed by atoms with Crippen LogP contribution in [0, 0.1) is 0 Å². The molecule has 0 atom stereocenters. The quantitative estimate of drug-likeness (QED) is 0.772. The Hall–Kier alpha value is -0.880. The third-order valence-electron chi connectivity index (χ3n) is 2.61. The number of halogens is 3. The Labute approximate surface area is 108 Å². The second-order valence-corrected chi connectivity index (χ2v) is 5.27. The van der Waals surface area contributed by atoms with Crippen molar-refractivity contribution in [2.24, 2.45) is 0 Å². The smallest absolute Gasteiger partial charge is 0.406 e. The minimum atomic E-state index is -4.62. The molecule has 2 nitrogen and oxygen atoms in total. The summed E-state index contributed by atoms with van der Waals surface area (Å²) < 4.78 is 42.0. The molecule has 1 aliphatic heterocycles. The van der Waals surface area contributed by atoms with Gasteiger partial charge < -0.3 is 4.74 Å². The highest BCUT2D eigenvalue weighted by Crippen LogP contribution is 2.29. The second kappa shape index (κ2) is 5.84. The van der Waals surface area contributed by atoms with Gasteiger partial charge in [-0.2, -0.15) is 0 Å². The molecule has 2 rings (SSSR count). The molecule has 0 radical (unpaired) electrons. The van der Waals surface area contributed by atoms with E-state index in [1.54, 1.807) is 24.1 Å². The molecule has 0 spiro atoms. The highest BCUT2D eigenvalue weighted by Gasteiger charge is 2.30. The molecule has 1 saturated heterocycles. The molecule has 6 heteroatoms. The standard InChI is InChI=1S/C12H14F3NOS/c13-12(14,15)17-10-4-6-11(7-5-10)18-16-8-2-1-3-9-16/h4-7H,1-3,8-9H2. The summed E-state index contributed by atoms with van der Waals surface area (Å²) in [5.74, 6) is -0.175. The summed E-state index contributed by atoms with van der Waals surface area (Å²) in [6, 6.07) is 6.00. The Kier molecular flexibility index (Phi) is 4.40. The fourth-order valence-electron chi connectivity index (χ4n) is 1.81. The average molecular weight is 277 g/mol. The molecule has 0 saturated carbocycles. The number of nitrogens with zero attached hydrogens (tertiary/aromatic N) is 1. The zero-order chi connectivity index (χ0) is 13.0. The highest BCUT2D eigenvalue weighted by molar-refractivity contribution is 7.97. The normalized spacial score (nSPS) is 17.7. The van der Waals surface area contributed by atoms with Gasteiger partial charge in [-0.25, -0.2) is 4.31 Å². The van der Waals surface area contributed by atoms with Gasteiger partial charge in [0.05, 0.1) is 0 Å². The monoisotopic (exact) mass is 277 g/mol. The molecular weight excluding hydrogens is 263 g/mol. The van der Waals surface area contributed by atoms with Crippen LogP contribution in [-0.2, 0) is 0 Å². The molecule has 1 aliphatic rings. The van der Waals surface area contributed by atoms with E-state index in [1.807, 2.05) is 0 Å². The predicted octanol–water partition coefficient (Wildman–Crippen LogP) is 4.08. The van der Waals surface area contributed by atoms with Crippen LogP contribution in [0.4, 0.5) is 13.2 Å². The summed E-state index contributed by atoms with van der Waals surface area (Å²) >= 11 is 1.59. The van der Waals surface area contributed by atoms with Crippen molar-refractivity contribution in [1.29, 1.82) is 0 Å². The molecule has 0 aromatic heterocycles. The summed E-state index contributed by atoms with van der Waals surface area (Å²) in [5, 5.41) is 0. The van der Waals surface area contributed by atoms with Gasteiger partial charge in [-0.3, -0.25) is 0 Å². The Morgan fingerprint density at radius 3 is 2.17 bits per heavy atom. The number of ether oxygens (including phenoxy) is 1. The largest absolute Gasteiger partial charge is 0.573 e. The topological polar surface area (TPSA) is 12.5 Å². The van der Waals surface area contributed by atoms with Gasteiger partial charge in [-0.05, 0) is 49.1 Å². The molecule has 0 aliphatic carbocycles. The molecule has 0 N–H and O–H groups in total. The molecule has 100 valence electrons. The van der Waals surface area contributed by atoms with E-state index < -0.39 is 6.36 Å². The van der Waals surface area contributed by atoms with Crippen molar-refractivity contribution >= 4 is 11.9 Å². The summed E-state index contributed by atoms with van der Waals surface area (Å²) in [5.41, 5.74) is 0. The Bertz CT molecular complexity index is 374. The van der Waals surface area contributed by atoms with Crippen LogP contribution in [0.5, 0.6) is 5.75 Å². The van der Waals surface area contributed by atoms with E-state index >= 15 is 0 Å². The summed E-state index contributed by atoms with van der Waals surface area (Å²) in [4.78, 5) is 0.937. The first-order valence-electron chi connectivity index (χ1n) is 5.82. The van der Waals surface area contributed by atoms with Crippen molar-refractivity contribution < 1.29 is 17.9 Å². The third kappa shape index (κ3) is 4.42. The van der Waals surface area contributed by atoms with Gasteiger partial charge in [0.2, 0.25) is 0 Å².